The molecule has 210 valence electrons. The topological polar surface area (TPSA) is 98.4 Å². The number of carbonyl (C=O) groups excluding carboxylic acids is 2. The summed E-state index contributed by atoms with van der Waals surface area (Å²) in [4.78, 5) is 28.3. The number of aliphatic hydroxyl groups excluding tert-OH is 1. The summed E-state index contributed by atoms with van der Waals surface area (Å²) < 4.78 is 23.2. The van der Waals surface area contributed by atoms with Crippen molar-refractivity contribution in [2.45, 2.75) is 65.1 Å². The number of amides is 1. The summed E-state index contributed by atoms with van der Waals surface area (Å²) in [7, 11) is 0. The van der Waals surface area contributed by atoms with E-state index in [4.69, 9.17) is 18.6 Å². The Bertz CT molecular complexity index is 1410. The SMILES string of the molecule is CCCCCOc1ccc(C2/C(=C(/O)c3ccc4c(c3)CC(C)O4)C(=O)C(=O)N2Cc2ccco2)cc1OCC. The van der Waals surface area contributed by atoms with E-state index in [9.17, 15) is 14.7 Å². The van der Waals surface area contributed by atoms with Gasteiger partial charge in [-0.15, -0.1) is 0 Å². The number of nitrogens with zero attached hydrogens (tertiary/aromatic N) is 1. The van der Waals surface area contributed by atoms with Gasteiger partial charge in [0.25, 0.3) is 11.7 Å². The molecule has 2 aliphatic rings. The molecule has 2 aromatic carbocycles. The zero-order valence-electron chi connectivity index (χ0n) is 23.1. The van der Waals surface area contributed by atoms with E-state index in [2.05, 4.69) is 6.92 Å². The molecule has 40 heavy (non-hydrogen) atoms. The predicted octanol–water partition coefficient (Wildman–Crippen LogP) is 6.19. The minimum absolute atomic E-state index is 0.0162. The standard InChI is InChI=1S/C32H35NO7/c1-4-6-7-14-39-26-13-10-21(18-27(26)37-5-2)29-28(31(35)32(36)33(29)19-24-9-8-15-38-24)30(34)22-11-12-25-23(17-22)16-20(3)40-25/h8-13,15,17-18,20,29,34H,4-7,14,16,19H2,1-3H3/b30-28-. The molecule has 2 atom stereocenters. The van der Waals surface area contributed by atoms with Crippen LogP contribution in [0.2, 0.25) is 0 Å². The number of benzene rings is 2. The summed E-state index contributed by atoms with van der Waals surface area (Å²) in [5.74, 6) is 0.703. The van der Waals surface area contributed by atoms with Gasteiger partial charge in [-0.25, -0.2) is 0 Å². The van der Waals surface area contributed by atoms with Gasteiger partial charge < -0.3 is 28.6 Å². The number of hydrogen-bond acceptors (Lipinski definition) is 7. The number of ether oxygens (including phenoxy) is 3. The maximum absolute atomic E-state index is 13.5. The van der Waals surface area contributed by atoms with Crippen LogP contribution in [0, 0.1) is 0 Å². The van der Waals surface area contributed by atoms with Gasteiger partial charge in [-0.1, -0.05) is 25.8 Å². The van der Waals surface area contributed by atoms with E-state index >= 15 is 0 Å². The van der Waals surface area contributed by atoms with Crippen LogP contribution in [0.5, 0.6) is 17.2 Å². The maximum Gasteiger partial charge on any atom is 0.296 e. The molecule has 1 fully saturated rings. The third kappa shape index (κ3) is 5.43. The van der Waals surface area contributed by atoms with Crippen LogP contribution in [0.1, 0.15) is 68.5 Å². The number of furan rings is 1. The molecule has 8 heteroatoms. The summed E-state index contributed by atoms with van der Waals surface area (Å²) in [5, 5.41) is 11.5. The fraction of sp³-hybridized carbons (Fsp3) is 0.375. The number of likely N-dealkylation sites (tertiary alicyclic amines) is 1. The molecule has 0 bridgehead atoms. The Kier molecular flexibility index (Phi) is 8.14. The van der Waals surface area contributed by atoms with Gasteiger partial charge in [-0.2, -0.15) is 0 Å². The molecule has 1 aromatic heterocycles. The van der Waals surface area contributed by atoms with Crippen molar-refractivity contribution in [1.82, 2.24) is 4.90 Å². The summed E-state index contributed by atoms with van der Waals surface area (Å²) in [6, 6.07) is 13.3. The third-order valence-corrected chi connectivity index (χ3v) is 7.20. The van der Waals surface area contributed by atoms with Crippen LogP contribution in [0.15, 0.2) is 64.8 Å². The van der Waals surface area contributed by atoms with Crippen molar-refractivity contribution < 1.29 is 33.3 Å². The van der Waals surface area contributed by atoms with Crippen LogP contribution in [0.25, 0.3) is 5.76 Å². The lowest BCUT2D eigenvalue weighted by molar-refractivity contribution is -0.140. The van der Waals surface area contributed by atoms with Crippen molar-refractivity contribution in [3.63, 3.8) is 0 Å². The van der Waals surface area contributed by atoms with Crippen LogP contribution < -0.4 is 14.2 Å². The Morgan fingerprint density at radius 3 is 2.65 bits per heavy atom. The van der Waals surface area contributed by atoms with E-state index in [0.29, 0.717) is 48.0 Å². The van der Waals surface area contributed by atoms with E-state index in [1.165, 1.54) is 11.2 Å². The van der Waals surface area contributed by atoms with Gasteiger partial charge in [-0.3, -0.25) is 9.59 Å². The van der Waals surface area contributed by atoms with E-state index in [1.807, 2.05) is 26.0 Å². The molecule has 1 amide bonds. The average molecular weight is 546 g/mol. The Morgan fingerprint density at radius 2 is 1.90 bits per heavy atom. The molecule has 0 radical (unpaired) electrons. The lowest BCUT2D eigenvalue weighted by Crippen LogP contribution is -2.29. The number of ketones is 1. The van der Waals surface area contributed by atoms with Gasteiger partial charge in [-0.05, 0) is 73.9 Å². The van der Waals surface area contributed by atoms with Crippen LogP contribution in [-0.2, 0) is 22.6 Å². The number of unbranched alkanes of at least 4 members (excludes halogenated alkanes) is 2. The zero-order chi connectivity index (χ0) is 28.2. The van der Waals surface area contributed by atoms with Gasteiger partial charge in [0.15, 0.2) is 11.5 Å². The Morgan fingerprint density at radius 1 is 1.05 bits per heavy atom. The maximum atomic E-state index is 13.5. The highest BCUT2D eigenvalue weighted by atomic mass is 16.5. The molecular formula is C32H35NO7. The molecule has 1 N–H and O–H groups in total. The highest BCUT2D eigenvalue weighted by Crippen LogP contribution is 2.43. The first-order valence-electron chi connectivity index (χ1n) is 13.9. The normalized spacial score (nSPS) is 19.5. The molecular weight excluding hydrogens is 510 g/mol. The first kappa shape index (κ1) is 27.4. The van der Waals surface area contributed by atoms with Gasteiger partial charge in [0.1, 0.15) is 23.4 Å². The number of carbonyl (C=O) groups is 2. The fourth-order valence-corrected chi connectivity index (χ4v) is 5.30. The Balaban J connectivity index is 1.58. The summed E-state index contributed by atoms with van der Waals surface area (Å²) in [5.41, 5.74) is 2.04. The highest BCUT2D eigenvalue weighted by molar-refractivity contribution is 6.46. The molecule has 0 aliphatic carbocycles. The third-order valence-electron chi connectivity index (χ3n) is 7.20. The van der Waals surface area contributed by atoms with Gasteiger partial charge >= 0.3 is 0 Å². The zero-order valence-corrected chi connectivity index (χ0v) is 23.1. The largest absolute Gasteiger partial charge is 0.507 e. The smallest absolute Gasteiger partial charge is 0.296 e. The molecule has 5 rings (SSSR count). The highest BCUT2D eigenvalue weighted by Gasteiger charge is 2.46. The second-order valence-electron chi connectivity index (χ2n) is 10.2. The fourth-order valence-electron chi connectivity index (χ4n) is 5.30. The van der Waals surface area contributed by atoms with Gasteiger partial charge in [0.05, 0.1) is 37.6 Å². The second kappa shape index (κ2) is 11.9. The second-order valence-corrected chi connectivity index (χ2v) is 10.2. The lowest BCUT2D eigenvalue weighted by Gasteiger charge is -2.25. The number of Topliss-reactive ketones (excluding diaryl/α,β-unsaturated/α-hetero) is 1. The molecule has 0 spiro atoms. The van der Waals surface area contributed by atoms with E-state index in [1.54, 1.807) is 36.4 Å². The minimum Gasteiger partial charge on any atom is -0.507 e. The predicted molar refractivity (Wildman–Crippen MR) is 149 cm³/mol. The molecule has 2 unspecified atom stereocenters. The van der Waals surface area contributed by atoms with Crippen LogP contribution in [-0.4, -0.2) is 41.0 Å². The van der Waals surface area contributed by atoms with Gasteiger partial charge in [0, 0.05) is 12.0 Å². The molecule has 2 aliphatic heterocycles. The summed E-state index contributed by atoms with van der Waals surface area (Å²) in [6.45, 7) is 7.04. The van der Waals surface area contributed by atoms with Crippen molar-refractivity contribution in [2.24, 2.45) is 0 Å². The number of aliphatic hydroxyl groups is 1. The molecule has 8 nitrogen and oxygen atoms in total. The van der Waals surface area contributed by atoms with Gasteiger partial charge in [0.2, 0.25) is 0 Å². The Hall–Kier alpha value is -4.20. The lowest BCUT2D eigenvalue weighted by atomic mass is 9.94. The Labute approximate surface area is 234 Å². The van der Waals surface area contributed by atoms with Crippen molar-refractivity contribution in [3.8, 4) is 17.2 Å². The minimum atomic E-state index is -0.859. The average Bonchev–Trinajstić information content (AvgIpc) is 3.66. The number of hydrogen-bond donors (Lipinski definition) is 1. The number of fused-ring (bicyclic) bond motifs is 1. The number of rotatable bonds is 11. The van der Waals surface area contributed by atoms with E-state index in [0.717, 1.165) is 30.6 Å². The molecule has 0 saturated carbocycles. The molecule has 3 aromatic rings. The van der Waals surface area contributed by atoms with Crippen molar-refractivity contribution in [2.75, 3.05) is 13.2 Å². The first-order valence-corrected chi connectivity index (χ1v) is 13.9. The van der Waals surface area contributed by atoms with E-state index in [-0.39, 0.29) is 24.0 Å². The molecule has 1 saturated heterocycles. The molecule has 3 heterocycles. The first-order chi connectivity index (χ1) is 19.4. The van der Waals surface area contributed by atoms with Crippen LogP contribution in [0.3, 0.4) is 0 Å². The van der Waals surface area contributed by atoms with Crippen LogP contribution in [0.4, 0.5) is 0 Å². The monoisotopic (exact) mass is 545 g/mol. The van der Waals surface area contributed by atoms with E-state index < -0.39 is 17.7 Å². The van der Waals surface area contributed by atoms with Crippen molar-refractivity contribution in [1.29, 1.82) is 0 Å². The quantitative estimate of drug-likeness (QED) is 0.133. The van der Waals surface area contributed by atoms with Crippen molar-refractivity contribution in [3.05, 3.63) is 82.8 Å². The summed E-state index contributed by atoms with van der Waals surface area (Å²) in [6.07, 6.45) is 5.34. The van der Waals surface area contributed by atoms with Crippen LogP contribution >= 0.6 is 0 Å². The van der Waals surface area contributed by atoms with Crippen molar-refractivity contribution >= 4 is 17.4 Å². The summed E-state index contributed by atoms with van der Waals surface area (Å²) >= 11 is 0.